The third kappa shape index (κ3) is 2.44. The normalized spacial score (nSPS) is 16.3. The van der Waals surface area contributed by atoms with Gasteiger partial charge in [-0.05, 0) is 25.0 Å². The molecule has 4 rings (SSSR count). The molecular weight excluding hydrogens is 294 g/mol. The molecule has 1 aromatic carbocycles. The topological polar surface area (TPSA) is 67.9 Å². The Bertz CT molecular complexity index is 787. The maximum atomic E-state index is 5.97. The van der Waals surface area contributed by atoms with Crippen molar-refractivity contribution < 1.29 is 0 Å². The van der Waals surface area contributed by atoms with Crippen molar-refractivity contribution in [2.75, 3.05) is 18.0 Å². The van der Waals surface area contributed by atoms with Gasteiger partial charge in [0, 0.05) is 36.3 Å². The Balaban J connectivity index is 1.68. The number of aromatic nitrogens is 3. The first-order valence-electron chi connectivity index (χ1n) is 7.49. The second-order valence-electron chi connectivity index (χ2n) is 5.59. The van der Waals surface area contributed by atoms with Crippen LogP contribution in [0, 0.1) is 0 Å². The fraction of sp³-hybridized carbons (Fsp3) is 0.312. The monoisotopic (exact) mass is 311 g/mol. The second kappa shape index (κ2) is 5.62. The van der Waals surface area contributed by atoms with Crippen LogP contribution >= 0.6 is 11.3 Å². The van der Waals surface area contributed by atoms with E-state index >= 15 is 0 Å². The molecule has 1 aliphatic rings. The number of benzene rings is 1. The smallest absolute Gasteiger partial charge is 0.208 e. The Labute approximate surface area is 132 Å². The Morgan fingerprint density at radius 3 is 2.77 bits per heavy atom. The van der Waals surface area contributed by atoms with Crippen LogP contribution in [0.25, 0.3) is 21.5 Å². The predicted octanol–water partition coefficient (Wildman–Crippen LogP) is 2.68. The summed E-state index contributed by atoms with van der Waals surface area (Å²) in [7, 11) is 0. The third-order valence-electron chi connectivity index (χ3n) is 4.09. The van der Waals surface area contributed by atoms with E-state index in [0.717, 1.165) is 52.5 Å². The van der Waals surface area contributed by atoms with Crippen LogP contribution in [-0.2, 0) is 0 Å². The minimum absolute atomic E-state index is 0.325. The van der Waals surface area contributed by atoms with Crippen LogP contribution in [0.1, 0.15) is 12.8 Å². The lowest BCUT2D eigenvalue weighted by Gasteiger charge is -2.29. The van der Waals surface area contributed by atoms with Gasteiger partial charge >= 0.3 is 0 Å². The van der Waals surface area contributed by atoms with E-state index in [4.69, 9.17) is 5.73 Å². The van der Waals surface area contributed by atoms with E-state index in [1.165, 1.54) is 0 Å². The molecule has 0 amide bonds. The summed E-state index contributed by atoms with van der Waals surface area (Å²) in [6, 6.07) is 10.5. The van der Waals surface area contributed by atoms with Gasteiger partial charge in [-0.3, -0.25) is 4.98 Å². The fourth-order valence-corrected chi connectivity index (χ4v) is 3.74. The zero-order valence-corrected chi connectivity index (χ0v) is 13.0. The van der Waals surface area contributed by atoms with E-state index in [0.29, 0.717) is 6.04 Å². The molecule has 0 radical (unpaired) electrons. The van der Waals surface area contributed by atoms with Gasteiger partial charge in [-0.15, -0.1) is 10.2 Å². The molecule has 5 nitrogen and oxygen atoms in total. The summed E-state index contributed by atoms with van der Waals surface area (Å²) >= 11 is 1.63. The lowest BCUT2D eigenvalue weighted by molar-refractivity contribution is 0.500. The first kappa shape index (κ1) is 13.6. The van der Waals surface area contributed by atoms with Crippen LogP contribution in [0.15, 0.2) is 36.5 Å². The molecule has 2 N–H and O–H groups in total. The SMILES string of the molecule is NC1CCN(c2nnc(-c3cccc4cccnc34)s2)CC1. The first-order valence-corrected chi connectivity index (χ1v) is 8.31. The molecule has 3 heterocycles. The zero-order valence-electron chi connectivity index (χ0n) is 12.1. The quantitative estimate of drug-likeness (QED) is 0.788. The average Bonchev–Trinajstić information content (AvgIpc) is 3.05. The minimum Gasteiger partial charge on any atom is -0.347 e. The maximum absolute atomic E-state index is 5.97. The summed E-state index contributed by atoms with van der Waals surface area (Å²) in [6.45, 7) is 1.92. The number of hydrogen-bond donors (Lipinski definition) is 1. The van der Waals surface area contributed by atoms with Crippen LogP contribution < -0.4 is 10.6 Å². The molecular formula is C16H17N5S. The Hall–Kier alpha value is -2.05. The molecule has 3 aromatic rings. The molecule has 1 saturated heterocycles. The van der Waals surface area contributed by atoms with Crippen LogP contribution in [0.4, 0.5) is 5.13 Å². The number of anilines is 1. The van der Waals surface area contributed by atoms with E-state index in [9.17, 15) is 0 Å². The molecule has 22 heavy (non-hydrogen) atoms. The highest BCUT2D eigenvalue weighted by molar-refractivity contribution is 7.18. The summed E-state index contributed by atoms with van der Waals surface area (Å²) in [5.41, 5.74) is 8.00. The van der Waals surface area contributed by atoms with E-state index < -0.39 is 0 Å². The lowest BCUT2D eigenvalue weighted by Crippen LogP contribution is -2.39. The second-order valence-corrected chi connectivity index (χ2v) is 6.55. The van der Waals surface area contributed by atoms with Crippen molar-refractivity contribution in [1.29, 1.82) is 0 Å². The zero-order chi connectivity index (χ0) is 14.9. The van der Waals surface area contributed by atoms with Gasteiger partial charge in [0.2, 0.25) is 5.13 Å². The summed E-state index contributed by atoms with van der Waals surface area (Å²) < 4.78 is 0. The lowest BCUT2D eigenvalue weighted by atomic mass is 10.1. The van der Waals surface area contributed by atoms with Gasteiger partial charge in [0.1, 0.15) is 0 Å². The van der Waals surface area contributed by atoms with E-state index in [1.54, 1.807) is 11.3 Å². The van der Waals surface area contributed by atoms with Crippen molar-refractivity contribution in [3.8, 4) is 10.6 Å². The van der Waals surface area contributed by atoms with Gasteiger partial charge < -0.3 is 10.6 Å². The van der Waals surface area contributed by atoms with Crippen molar-refractivity contribution in [3.05, 3.63) is 36.5 Å². The van der Waals surface area contributed by atoms with E-state index in [2.05, 4.69) is 38.3 Å². The molecule has 1 aliphatic heterocycles. The molecule has 2 aromatic heterocycles. The molecule has 0 saturated carbocycles. The average molecular weight is 311 g/mol. The molecule has 0 atom stereocenters. The van der Waals surface area contributed by atoms with Crippen molar-refractivity contribution in [3.63, 3.8) is 0 Å². The number of para-hydroxylation sites is 1. The number of hydrogen-bond acceptors (Lipinski definition) is 6. The van der Waals surface area contributed by atoms with Gasteiger partial charge in [-0.1, -0.05) is 29.5 Å². The first-order chi connectivity index (χ1) is 10.8. The van der Waals surface area contributed by atoms with E-state index in [1.807, 2.05) is 18.3 Å². The highest BCUT2D eigenvalue weighted by Crippen LogP contribution is 2.33. The number of piperidine rings is 1. The van der Waals surface area contributed by atoms with Crippen molar-refractivity contribution in [1.82, 2.24) is 15.2 Å². The van der Waals surface area contributed by atoms with Crippen LogP contribution in [0.3, 0.4) is 0 Å². The van der Waals surface area contributed by atoms with Crippen LogP contribution in [-0.4, -0.2) is 34.3 Å². The third-order valence-corrected chi connectivity index (χ3v) is 5.10. The van der Waals surface area contributed by atoms with Gasteiger partial charge in [-0.25, -0.2) is 0 Å². The number of rotatable bonds is 2. The molecule has 1 fully saturated rings. The maximum Gasteiger partial charge on any atom is 0.208 e. The molecule has 112 valence electrons. The highest BCUT2D eigenvalue weighted by atomic mass is 32.1. The summed E-state index contributed by atoms with van der Waals surface area (Å²) in [6.07, 6.45) is 3.86. The van der Waals surface area contributed by atoms with Gasteiger partial charge in [0.05, 0.1) is 5.52 Å². The number of fused-ring (bicyclic) bond motifs is 1. The Morgan fingerprint density at radius 1 is 1.09 bits per heavy atom. The number of nitrogens with zero attached hydrogens (tertiary/aromatic N) is 4. The Kier molecular flexibility index (Phi) is 3.48. The molecule has 0 unspecified atom stereocenters. The van der Waals surface area contributed by atoms with E-state index in [-0.39, 0.29) is 0 Å². The summed E-state index contributed by atoms with van der Waals surface area (Å²) in [5.74, 6) is 0. The van der Waals surface area contributed by atoms with Gasteiger partial charge in [0.15, 0.2) is 5.01 Å². The van der Waals surface area contributed by atoms with Crippen molar-refractivity contribution >= 4 is 27.4 Å². The van der Waals surface area contributed by atoms with Crippen molar-refractivity contribution in [2.45, 2.75) is 18.9 Å². The van der Waals surface area contributed by atoms with Crippen molar-refractivity contribution in [2.24, 2.45) is 5.73 Å². The summed E-state index contributed by atoms with van der Waals surface area (Å²) in [4.78, 5) is 6.78. The summed E-state index contributed by atoms with van der Waals surface area (Å²) in [5, 5.41) is 11.8. The fourth-order valence-electron chi connectivity index (χ4n) is 2.82. The predicted molar refractivity (Wildman–Crippen MR) is 90.1 cm³/mol. The molecule has 0 spiro atoms. The molecule has 0 aliphatic carbocycles. The Morgan fingerprint density at radius 2 is 1.91 bits per heavy atom. The van der Waals surface area contributed by atoms with Crippen LogP contribution in [0.5, 0.6) is 0 Å². The minimum atomic E-state index is 0.325. The van der Waals surface area contributed by atoms with Gasteiger partial charge in [0.25, 0.3) is 0 Å². The highest BCUT2D eigenvalue weighted by Gasteiger charge is 2.20. The molecule has 0 bridgehead atoms. The number of nitrogens with two attached hydrogens (primary N) is 1. The van der Waals surface area contributed by atoms with Gasteiger partial charge in [-0.2, -0.15) is 0 Å². The van der Waals surface area contributed by atoms with Crippen LogP contribution in [0.2, 0.25) is 0 Å². The largest absolute Gasteiger partial charge is 0.347 e. The standard InChI is InChI=1S/C16H17N5S/c17-12-6-9-21(10-7-12)16-20-19-15(22-16)13-5-1-3-11-4-2-8-18-14(11)13/h1-5,8,12H,6-7,9-10,17H2. The molecule has 6 heteroatoms. The number of pyridine rings is 1.